The summed E-state index contributed by atoms with van der Waals surface area (Å²) in [6.07, 6.45) is 6.68. The number of fused-ring (bicyclic) bond motifs is 2. The van der Waals surface area contributed by atoms with Crippen LogP contribution < -0.4 is 0 Å². The van der Waals surface area contributed by atoms with E-state index in [9.17, 15) is 5.11 Å². The number of benzene rings is 1. The van der Waals surface area contributed by atoms with Gasteiger partial charge >= 0.3 is 0 Å². The van der Waals surface area contributed by atoms with Crippen LogP contribution in [-0.2, 0) is 12.8 Å². The molecule has 100 valence electrons. The van der Waals surface area contributed by atoms with E-state index in [1.807, 2.05) is 24.4 Å². The zero-order valence-corrected chi connectivity index (χ0v) is 11.9. The lowest BCUT2D eigenvalue weighted by atomic mass is 10.0. The molecule has 2 heterocycles. The van der Waals surface area contributed by atoms with E-state index < -0.39 is 6.10 Å². The summed E-state index contributed by atoms with van der Waals surface area (Å²) in [5.41, 5.74) is 2.39. The van der Waals surface area contributed by atoms with Crippen molar-refractivity contribution in [3.05, 3.63) is 63.6 Å². The number of rotatable bonds is 2. The highest BCUT2D eigenvalue weighted by molar-refractivity contribution is 7.12. The molecule has 2 nitrogen and oxygen atoms in total. The summed E-state index contributed by atoms with van der Waals surface area (Å²) >= 11 is 1.76. The van der Waals surface area contributed by atoms with Crippen LogP contribution in [0.25, 0.3) is 10.8 Å². The molecule has 0 fully saturated rings. The van der Waals surface area contributed by atoms with E-state index >= 15 is 0 Å². The van der Waals surface area contributed by atoms with Crippen LogP contribution in [0.4, 0.5) is 0 Å². The Labute approximate surface area is 121 Å². The zero-order valence-electron chi connectivity index (χ0n) is 11.0. The van der Waals surface area contributed by atoms with Crippen LogP contribution in [0.15, 0.2) is 42.7 Å². The van der Waals surface area contributed by atoms with Gasteiger partial charge in [-0.3, -0.25) is 4.98 Å². The molecule has 0 saturated heterocycles. The van der Waals surface area contributed by atoms with E-state index in [0.29, 0.717) is 0 Å². The molecular weight excluding hydrogens is 266 g/mol. The Balaban J connectivity index is 1.81. The third-order valence-corrected chi connectivity index (χ3v) is 5.34. The first-order chi connectivity index (χ1) is 9.83. The van der Waals surface area contributed by atoms with E-state index in [-0.39, 0.29) is 0 Å². The van der Waals surface area contributed by atoms with Crippen molar-refractivity contribution in [1.29, 1.82) is 0 Å². The number of pyridine rings is 1. The van der Waals surface area contributed by atoms with Crippen molar-refractivity contribution in [2.75, 3.05) is 0 Å². The van der Waals surface area contributed by atoms with Gasteiger partial charge < -0.3 is 5.11 Å². The van der Waals surface area contributed by atoms with Crippen LogP contribution in [0.2, 0.25) is 0 Å². The highest BCUT2D eigenvalue weighted by Crippen LogP contribution is 2.37. The number of thiophene rings is 1. The van der Waals surface area contributed by atoms with Crippen LogP contribution in [0.1, 0.15) is 33.4 Å². The molecule has 1 aromatic carbocycles. The molecule has 1 aliphatic carbocycles. The number of aromatic nitrogens is 1. The Bertz CT molecular complexity index is 751. The van der Waals surface area contributed by atoms with Gasteiger partial charge in [-0.15, -0.1) is 11.3 Å². The van der Waals surface area contributed by atoms with Crippen LogP contribution in [0, 0.1) is 0 Å². The second-order valence-corrected chi connectivity index (χ2v) is 6.47. The molecule has 0 saturated carbocycles. The van der Waals surface area contributed by atoms with Gasteiger partial charge in [-0.25, -0.2) is 0 Å². The summed E-state index contributed by atoms with van der Waals surface area (Å²) in [4.78, 5) is 6.71. The van der Waals surface area contributed by atoms with Gasteiger partial charge in [0.1, 0.15) is 6.10 Å². The summed E-state index contributed by atoms with van der Waals surface area (Å²) in [7, 11) is 0. The maximum absolute atomic E-state index is 10.7. The van der Waals surface area contributed by atoms with Gasteiger partial charge in [0.2, 0.25) is 0 Å². The molecule has 0 aliphatic heterocycles. The third-order valence-electron chi connectivity index (χ3n) is 4.05. The third kappa shape index (κ3) is 1.86. The molecule has 0 spiro atoms. The lowest BCUT2D eigenvalue weighted by molar-refractivity contribution is 0.225. The van der Waals surface area contributed by atoms with E-state index in [2.05, 4.69) is 17.1 Å². The first-order valence-electron chi connectivity index (χ1n) is 6.95. The van der Waals surface area contributed by atoms with Gasteiger partial charge in [0.15, 0.2) is 0 Å². The molecule has 1 N–H and O–H groups in total. The van der Waals surface area contributed by atoms with Crippen LogP contribution in [0.5, 0.6) is 0 Å². The fourth-order valence-corrected chi connectivity index (χ4v) is 4.28. The van der Waals surface area contributed by atoms with Crippen LogP contribution in [-0.4, -0.2) is 10.1 Å². The molecule has 1 atom stereocenters. The van der Waals surface area contributed by atoms with Crippen molar-refractivity contribution in [1.82, 2.24) is 4.98 Å². The Morgan fingerprint density at radius 2 is 2.15 bits per heavy atom. The number of hydrogen-bond acceptors (Lipinski definition) is 3. The Kier molecular flexibility index (Phi) is 2.83. The van der Waals surface area contributed by atoms with Crippen molar-refractivity contribution in [2.24, 2.45) is 0 Å². The van der Waals surface area contributed by atoms with Crippen molar-refractivity contribution >= 4 is 22.1 Å². The summed E-state index contributed by atoms with van der Waals surface area (Å²) in [5, 5.41) is 12.9. The molecule has 3 heteroatoms. The van der Waals surface area contributed by atoms with E-state index in [1.54, 1.807) is 17.5 Å². The molecule has 2 aromatic heterocycles. The average molecular weight is 281 g/mol. The fraction of sp³-hybridized carbons (Fsp3) is 0.235. The number of aliphatic hydroxyl groups excluding tert-OH is 1. The highest BCUT2D eigenvalue weighted by atomic mass is 32.1. The molecule has 3 aromatic rings. The van der Waals surface area contributed by atoms with Gasteiger partial charge in [0.25, 0.3) is 0 Å². The molecule has 1 aliphatic rings. The topological polar surface area (TPSA) is 33.1 Å². The first kappa shape index (κ1) is 12.1. The molecular formula is C17H15NOS. The lowest BCUT2D eigenvalue weighted by Crippen LogP contribution is -1.98. The Morgan fingerprint density at radius 1 is 1.20 bits per heavy atom. The van der Waals surface area contributed by atoms with E-state index in [1.165, 1.54) is 23.3 Å². The monoisotopic (exact) mass is 281 g/mol. The zero-order chi connectivity index (χ0) is 13.5. The quantitative estimate of drug-likeness (QED) is 0.773. The molecule has 0 bridgehead atoms. The van der Waals surface area contributed by atoms with Crippen molar-refractivity contribution in [3.63, 3.8) is 0 Å². The number of nitrogens with zero attached hydrogens (tertiary/aromatic N) is 1. The number of aryl methyl sites for hydroxylation is 2. The van der Waals surface area contributed by atoms with Gasteiger partial charge in [0, 0.05) is 27.5 Å². The first-order valence-corrected chi connectivity index (χ1v) is 7.77. The molecule has 1 unspecified atom stereocenters. The standard InChI is InChI=1S/C17H15NOS/c19-17(16-9-12-4-2-6-15(12)20-16)13-5-1-3-11-7-8-18-10-14(11)13/h1,3,5,7-10,17,19H,2,4,6H2. The second-order valence-electron chi connectivity index (χ2n) is 5.30. The van der Waals surface area contributed by atoms with Gasteiger partial charge in [-0.05, 0) is 47.9 Å². The highest BCUT2D eigenvalue weighted by Gasteiger charge is 2.21. The van der Waals surface area contributed by atoms with Gasteiger partial charge in [-0.1, -0.05) is 18.2 Å². The van der Waals surface area contributed by atoms with Gasteiger partial charge in [0.05, 0.1) is 0 Å². The van der Waals surface area contributed by atoms with Crippen LogP contribution >= 0.6 is 11.3 Å². The second kappa shape index (κ2) is 4.69. The van der Waals surface area contributed by atoms with Crippen LogP contribution in [0.3, 0.4) is 0 Å². The minimum absolute atomic E-state index is 0.543. The van der Waals surface area contributed by atoms with E-state index in [4.69, 9.17) is 0 Å². The van der Waals surface area contributed by atoms with Crippen molar-refractivity contribution in [3.8, 4) is 0 Å². The average Bonchev–Trinajstić information content (AvgIpc) is 3.07. The summed E-state index contributed by atoms with van der Waals surface area (Å²) in [5.74, 6) is 0. The summed E-state index contributed by atoms with van der Waals surface area (Å²) in [6, 6.07) is 10.2. The molecule has 4 rings (SSSR count). The number of hydrogen-bond donors (Lipinski definition) is 1. The molecule has 0 radical (unpaired) electrons. The smallest absolute Gasteiger partial charge is 0.114 e. The normalized spacial score (nSPS) is 15.4. The Morgan fingerprint density at radius 3 is 3.05 bits per heavy atom. The lowest BCUT2D eigenvalue weighted by Gasteiger charge is -2.12. The van der Waals surface area contributed by atoms with E-state index in [0.717, 1.165) is 27.6 Å². The summed E-state index contributed by atoms with van der Waals surface area (Å²) in [6.45, 7) is 0. The predicted octanol–water partition coefficient (Wildman–Crippen LogP) is 3.87. The largest absolute Gasteiger partial charge is 0.383 e. The van der Waals surface area contributed by atoms with Crippen molar-refractivity contribution < 1.29 is 5.11 Å². The SMILES string of the molecule is OC(c1cc2c(s1)CCC2)c1cccc2ccncc12. The maximum Gasteiger partial charge on any atom is 0.114 e. The molecule has 20 heavy (non-hydrogen) atoms. The van der Waals surface area contributed by atoms with Gasteiger partial charge in [-0.2, -0.15) is 0 Å². The van der Waals surface area contributed by atoms with Crippen molar-refractivity contribution in [2.45, 2.75) is 25.4 Å². The molecule has 0 amide bonds. The Hall–Kier alpha value is -1.71. The summed E-state index contributed by atoms with van der Waals surface area (Å²) < 4.78 is 0. The fourth-order valence-electron chi connectivity index (χ4n) is 3.02. The maximum atomic E-state index is 10.7. The minimum Gasteiger partial charge on any atom is -0.383 e. The minimum atomic E-state index is -0.543. The predicted molar refractivity (Wildman–Crippen MR) is 82.1 cm³/mol. The number of aliphatic hydroxyl groups is 1.